The number of carbonyl (C=O) groups is 1. The van der Waals surface area contributed by atoms with Crippen molar-refractivity contribution < 1.29 is 9.53 Å². The van der Waals surface area contributed by atoms with Gasteiger partial charge in [-0.2, -0.15) is 0 Å². The summed E-state index contributed by atoms with van der Waals surface area (Å²) in [6.07, 6.45) is 5.97. The van der Waals surface area contributed by atoms with Crippen LogP contribution in [0, 0.1) is 5.92 Å². The maximum Gasteiger partial charge on any atom is 0.234 e. The van der Waals surface area contributed by atoms with Crippen molar-refractivity contribution in [2.45, 2.75) is 38.2 Å². The first kappa shape index (κ1) is 16.5. The van der Waals surface area contributed by atoms with Crippen molar-refractivity contribution in [1.29, 1.82) is 0 Å². The van der Waals surface area contributed by atoms with E-state index in [1.54, 1.807) is 0 Å². The molecule has 0 saturated carbocycles. The molecule has 126 valence electrons. The van der Waals surface area contributed by atoms with Crippen molar-refractivity contribution in [3.63, 3.8) is 0 Å². The Morgan fingerprint density at radius 1 is 1.17 bits per heavy atom. The summed E-state index contributed by atoms with van der Waals surface area (Å²) in [5.41, 5.74) is 1.43. The number of nitrogens with zero attached hydrogens (tertiary/aromatic N) is 1. The van der Waals surface area contributed by atoms with Crippen LogP contribution in [0.4, 0.5) is 0 Å². The minimum absolute atomic E-state index is 0.141. The van der Waals surface area contributed by atoms with Crippen LogP contribution in [0.15, 0.2) is 30.3 Å². The van der Waals surface area contributed by atoms with Gasteiger partial charge in [-0.05, 0) is 56.7 Å². The van der Waals surface area contributed by atoms with E-state index in [0.717, 1.165) is 38.5 Å². The van der Waals surface area contributed by atoms with E-state index in [4.69, 9.17) is 4.74 Å². The normalized spacial score (nSPS) is 23.0. The van der Waals surface area contributed by atoms with Gasteiger partial charge in [0.2, 0.25) is 5.91 Å². The predicted octanol–water partition coefficient (Wildman–Crippen LogP) is 2.24. The number of rotatable bonds is 6. The van der Waals surface area contributed by atoms with E-state index < -0.39 is 0 Å². The number of benzene rings is 1. The lowest BCUT2D eigenvalue weighted by molar-refractivity contribution is -0.123. The van der Waals surface area contributed by atoms with Gasteiger partial charge in [0.1, 0.15) is 0 Å². The van der Waals surface area contributed by atoms with Crippen molar-refractivity contribution in [2.24, 2.45) is 5.92 Å². The van der Waals surface area contributed by atoms with E-state index in [-0.39, 0.29) is 12.0 Å². The molecule has 1 aromatic rings. The minimum atomic E-state index is 0.141. The van der Waals surface area contributed by atoms with Gasteiger partial charge in [-0.15, -0.1) is 0 Å². The van der Waals surface area contributed by atoms with Crippen molar-refractivity contribution in [2.75, 3.05) is 32.8 Å². The van der Waals surface area contributed by atoms with Crippen LogP contribution in [0.1, 0.15) is 31.2 Å². The zero-order valence-electron chi connectivity index (χ0n) is 13.9. The third kappa shape index (κ3) is 5.33. The number of carbonyl (C=O) groups excluding carboxylic acids is 1. The van der Waals surface area contributed by atoms with Crippen LogP contribution in [0.25, 0.3) is 0 Å². The first-order valence-corrected chi connectivity index (χ1v) is 8.94. The molecular weight excluding hydrogens is 288 g/mol. The summed E-state index contributed by atoms with van der Waals surface area (Å²) in [6, 6.07) is 10.7. The molecule has 4 nitrogen and oxygen atoms in total. The van der Waals surface area contributed by atoms with Gasteiger partial charge >= 0.3 is 0 Å². The number of amides is 1. The lowest BCUT2D eigenvalue weighted by Gasteiger charge is -2.31. The Morgan fingerprint density at radius 3 is 2.65 bits per heavy atom. The summed E-state index contributed by atoms with van der Waals surface area (Å²) in [5.74, 6) is 0.894. The lowest BCUT2D eigenvalue weighted by atomic mass is 9.90. The van der Waals surface area contributed by atoms with Crippen LogP contribution in [-0.2, 0) is 16.0 Å². The molecule has 1 N–H and O–H groups in total. The van der Waals surface area contributed by atoms with Crippen LogP contribution >= 0.6 is 0 Å². The number of nitrogens with one attached hydrogen (secondary N) is 1. The topological polar surface area (TPSA) is 41.6 Å². The largest absolute Gasteiger partial charge is 0.376 e. The summed E-state index contributed by atoms with van der Waals surface area (Å²) in [5, 5.41) is 3.02. The molecule has 4 heteroatoms. The van der Waals surface area contributed by atoms with E-state index in [2.05, 4.69) is 40.5 Å². The van der Waals surface area contributed by atoms with Crippen molar-refractivity contribution in [1.82, 2.24) is 10.2 Å². The molecule has 23 heavy (non-hydrogen) atoms. The van der Waals surface area contributed by atoms with Gasteiger partial charge in [-0.25, -0.2) is 0 Å². The first-order chi connectivity index (χ1) is 11.3. The third-order valence-corrected chi connectivity index (χ3v) is 4.99. The molecule has 0 aromatic heterocycles. The Hall–Kier alpha value is -1.39. The average molecular weight is 316 g/mol. The smallest absolute Gasteiger partial charge is 0.234 e. The molecule has 0 unspecified atom stereocenters. The van der Waals surface area contributed by atoms with Crippen molar-refractivity contribution in [3.05, 3.63) is 35.9 Å². The van der Waals surface area contributed by atoms with Crippen LogP contribution in [0.3, 0.4) is 0 Å². The highest BCUT2D eigenvalue weighted by Crippen LogP contribution is 2.21. The monoisotopic (exact) mass is 316 g/mol. The van der Waals surface area contributed by atoms with E-state index in [0.29, 0.717) is 13.1 Å². The van der Waals surface area contributed by atoms with Gasteiger partial charge in [-0.3, -0.25) is 9.69 Å². The number of likely N-dealkylation sites (tertiary alicyclic amines) is 1. The zero-order valence-corrected chi connectivity index (χ0v) is 13.9. The molecule has 0 spiro atoms. The Labute approximate surface area is 139 Å². The van der Waals surface area contributed by atoms with Gasteiger partial charge in [0.25, 0.3) is 0 Å². The molecule has 2 heterocycles. The fraction of sp³-hybridized carbons (Fsp3) is 0.632. The highest BCUT2D eigenvalue weighted by Gasteiger charge is 2.22. The van der Waals surface area contributed by atoms with E-state index >= 15 is 0 Å². The maximum atomic E-state index is 12.0. The molecule has 0 aliphatic carbocycles. The quantitative estimate of drug-likeness (QED) is 0.875. The molecule has 2 aliphatic rings. The molecule has 2 saturated heterocycles. The Balaban J connectivity index is 1.33. The van der Waals surface area contributed by atoms with Crippen molar-refractivity contribution >= 4 is 5.91 Å². The van der Waals surface area contributed by atoms with Gasteiger partial charge in [0.05, 0.1) is 12.6 Å². The molecule has 1 aromatic carbocycles. The van der Waals surface area contributed by atoms with Gasteiger partial charge < -0.3 is 10.1 Å². The van der Waals surface area contributed by atoms with Gasteiger partial charge in [-0.1, -0.05) is 30.3 Å². The molecular formula is C19H28N2O2. The summed E-state index contributed by atoms with van der Waals surface area (Å²) in [4.78, 5) is 14.3. The van der Waals surface area contributed by atoms with Crippen LogP contribution < -0.4 is 5.32 Å². The van der Waals surface area contributed by atoms with Crippen molar-refractivity contribution in [3.8, 4) is 0 Å². The fourth-order valence-corrected chi connectivity index (χ4v) is 3.59. The molecule has 2 fully saturated rings. The Morgan fingerprint density at radius 2 is 1.96 bits per heavy atom. The second kappa shape index (κ2) is 8.46. The van der Waals surface area contributed by atoms with E-state index in [9.17, 15) is 4.79 Å². The Bertz CT molecular complexity index is 477. The number of hydrogen-bond donors (Lipinski definition) is 1. The summed E-state index contributed by atoms with van der Waals surface area (Å²) >= 11 is 0. The second-order valence-corrected chi connectivity index (χ2v) is 6.85. The minimum Gasteiger partial charge on any atom is -0.376 e. The zero-order chi connectivity index (χ0) is 15.9. The first-order valence-electron chi connectivity index (χ1n) is 8.94. The van der Waals surface area contributed by atoms with Crippen LogP contribution in [0.5, 0.6) is 0 Å². The number of hydrogen-bond acceptors (Lipinski definition) is 3. The summed E-state index contributed by atoms with van der Waals surface area (Å²) in [7, 11) is 0. The predicted molar refractivity (Wildman–Crippen MR) is 91.3 cm³/mol. The molecule has 0 bridgehead atoms. The highest BCUT2D eigenvalue weighted by molar-refractivity contribution is 5.78. The van der Waals surface area contributed by atoms with E-state index in [1.165, 1.54) is 24.8 Å². The van der Waals surface area contributed by atoms with Crippen LogP contribution in [-0.4, -0.2) is 49.7 Å². The third-order valence-electron chi connectivity index (χ3n) is 4.99. The molecule has 1 amide bonds. The summed E-state index contributed by atoms with van der Waals surface area (Å²) < 4.78 is 5.54. The molecule has 2 aliphatic heterocycles. The van der Waals surface area contributed by atoms with Gasteiger partial charge in [0, 0.05) is 13.2 Å². The standard InChI is InChI=1S/C19H28N2O2/c22-19(20-14-18-7-4-12-23-18)15-21-10-8-17(9-11-21)13-16-5-2-1-3-6-16/h1-3,5-6,17-18H,4,7-15H2,(H,20,22)/t18-/m1/s1. The van der Waals surface area contributed by atoms with E-state index in [1.807, 2.05) is 0 Å². The maximum absolute atomic E-state index is 12.0. The molecule has 0 radical (unpaired) electrons. The number of piperidine rings is 1. The molecule has 3 rings (SSSR count). The number of ether oxygens (including phenoxy) is 1. The fourth-order valence-electron chi connectivity index (χ4n) is 3.59. The SMILES string of the molecule is O=C(CN1CCC(Cc2ccccc2)CC1)NC[C@H]1CCCO1. The van der Waals surface area contributed by atoms with Crippen LogP contribution in [0.2, 0.25) is 0 Å². The average Bonchev–Trinajstić information content (AvgIpc) is 3.09. The Kier molecular flexibility index (Phi) is 6.06. The highest BCUT2D eigenvalue weighted by atomic mass is 16.5. The second-order valence-electron chi connectivity index (χ2n) is 6.85. The van der Waals surface area contributed by atoms with Gasteiger partial charge in [0.15, 0.2) is 0 Å². The lowest BCUT2D eigenvalue weighted by Crippen LogP contribution is -2.43. The summed E-state index contributed by atoms with van der Waals surface area (Å²) in [6.45, 7) is 4.11. The molecule has 1 atom stereocenters.